The van der Waals surface area contributed by atoms with Gasteiger partial charge in [-0.05, 0) is 37.1 Å². The van der Waals surface area contributed by atoms with Gasteiger partial charge in [0.05, 0.1) is 5.69 Å². The molecule has 10 nitrogen and oxygen atoms in total. The van der Waals surface area contributed by atoms with Gasteiger partial charge >= 0.3 is 0 Å². The topological polar surface area (TPSA) is 163 Å². The van der Waals surface area contributed by atoms with Crippen molar-refractivity contribution in [3.8, 4) is 11.4 Å². The molecule has 7 N–H and O–H groups in total. The molecule has 1 aliphatic heterocycles. The van der Waals surface area contributed by atoms with Crippen molar-refractivity contribution in [1.29, 1.82) is 0 Å². The number of likely N-dealkylation sites (tertiary alicyclic amines) is 1. The van der Waals surface area contributed by atoms with Gasteiger partial charge in [0, 0.05) is 60.0 Å². The van der Waals surface area contributed by atoms with Crippen molar-refractivity contribution in [1.82, 2.24) is 24.3 Å². The summed E-state index contributed by atoms with van der Waals surface area (Å²) in [4.78, 5) is 27.7. The van der Waals surface area contributed by atoms with Gasteiger partial charge in [-0.2, -0.15) is 0 Å². The molecule has 0 saturated carbocycles. The van der Waals surface area contributed by atoms with E-state index in [4.69, 9.17) is 10.7 Å². The molecule has 1 aliphatic rings. The maximum Gasteiger partial charge on any atom is 0.253 e. The van der Waals surface area contributed by atoms with Crippen LogP contribution in [0.2, 0.25) is 0 Å². The monoisotopic (exact) mass is 485 g/mol. The second-order valence-corrected chi connectivity index (χ2v) is 8.93. The summed E-state index contributed by atoms with van der Waals surface area (Å²) >= 11 is 0. The van der Waals surface area contributed by atoms with Crippen LogP contribution in [0.3, 0.4) is 0 Å². The first-order chi connectivity index (χ1) is 17.1. The number of carbonyl (C=O) groups is 1. The van der Waals surface area contributed by atoms with Crippen molar-refractivity contribution in [2.24, 2.45) is 0 Å². The molecule has 3 aromatic heterocycles. The van der Waals surface area contributed by atoms with Gasteiger partial charge in [0.25, 0.3) is 5.91 Å². The molecule has 0 atom stereocenters. The van der Waals surface area contributed by atoms with E-state index in [2.05, 4.69) is 22.1 Å². The second kappa shape index (κ2) is 9.42. The fraction of sp³-hybridized carbons (Fsp3) is 0.192. The number of para-hydroxylation sites is 1. The third-order valence-electron chi connectivity index (χ3n) is 6.84. The SMILES string of the molecule is Nc1nccn2c(C3CCN(C(=O)c4ccc([NH2+][O-])cc4)CC3)nc(-c3cc4ccccc4[nH]3)c12.O. The number of nitrogens with zero attached hydrogens (tertiary/aromatic N) is 4. The van der Waals surface area contributed by atoms with Crippen molar-refractivity contribution in [3.05, 3.63) is 83.6 Å². The van der Waals surface area contributed by atoms with Crippen LogP contribution in [-0.2, 0) is 0 Å². The smallest absolute Gasteiger partial charge is 0.253 e. The number of imidazole rings is 1. The Morgan fingerprint density at radius 2 is 1.86 bits per heavy atom. The summed E-state index contributed by atoms with van der Waals surface area (Å²) in [6, 6.07) is 17.0. The van der Waals surface area contributed by atoms with Crippen LogP contribution in [0.5, 0.6) is 0 Å². The molecule has 0 radical (unpaired) electrons. The minimum Gasteiger partial charge on any atom is -0.630 e. The molecule has 0 unspecified atom stereocenters. The number of aromatic amines is 1. The predicted octanol–water partition coefficient (Wildman–Crippen LogP) is 2.35. The summed E-state index contributed by atoms with van der Waals surface area (Å²) < 4.78 is 2.05. The Labute approximate surface area is 206 Å². The molecule has 0 bridgehead atoms. The van der Waals surface area contributed by atoms with E-state index in [9.17, 15) is 10.0 Å². The second-order valence-electron chi connectivity index (χ2n) is 8.93. The summed E-state index contributed by atoms with van der Waals surface area (Å²) in [7, 11) is 0. The molecule has 36 heavy (non-hydrogen) atoms. The number of hydrogen-bond acceptors (Lipinski definition) is 5. The van der Waals surface area contributed by atoms with Gasteiger partial charge in [0.15, 0.2) is 0 Å². The first-order valence-corrected chi connectivity index (χ1v) is 11.7. The summed E-state index contributed by atoms with van der Waals surface area (Å²) in [5.41, 5.74) is 11.8. The van der Waals surface area contributed by atoms with Crippen molar-refractivity contribution in [3.63, 3.8) is 0 Å². The number of aromatic nitrogens is 4. The van der Waals surface area contributed by atoms with Crippen LogP contribution < -0.4 is 11.2 Å². The quantitative estimate of drug-likeness (QED) is 0.262. The highest BCUT2D eigenvalue weighted by Gasteiger charge is 2.29. The van der Waals surface area contributed by atoms with Crippen LogP contribution in [0.4, 0.5) is 11.5 Å². The van der Waals surface area contributed by atoms with Crippen LogP contribution >= 0.6 is 0 Å². The molecule has 1 fully saturated rings. The van der Waals surface area contributed by atoms with E-state index in [1.165, 1.54) is 0 Å². The van der Waals surface area contributed by atoms with Crippen molar-refractivity contribution >= 4 is 33.8 Å². The number of anilines is 1. The number of H-pyrrole nitrogens is 1. The molecule has 0 spiro atoms. The highest BCUT2D eigenvalue weighted by molar-refractivity contribution is 5.94. The zero-order chi connectivity index (χ0) is 23.9. The van der Waals surface area contributed by atoms with Crippen LogP contribution in [0.1, 0.15) is 34.9 Å². The van der Waals surface area contributed by atoms with E-state index in [1.54, 1.807) is 30.5 Å². The lowest BCUT2D eigenvalue weighted by molar-refractivity contribution is -0.497. The standard InChI is InChI=1S/C26H25N7O2.H2O/c27-24-23-22(21-15-18-3-1-2-4-20(18)29-21)30-25(33(23)14-11-28-24)16-9-12-32(13-10-16)26(34)17-5-7-19(31-35)8-6-17;/h1-8,11,14-16,29H,9-10,12-13,31H2,(H2,27,28);1H2. The summed E-state index contributed by atoms with van der Waals surface area (Å²) in [5.74, 6) is 1.54. The van der Waals surface area contributed by atoms with E-state index < -0.39 is 0 Å². The van der Waals surface area contributed by atoms with Gasteiger partial charge in [-0.3, -0.25) is 9.20 Å². The highest BCUT2D eigenvalue weighted by Crippen LogP contribution is 2.35. The average molecular weight is 486 g/mol. The third kappa shape index (κ3) is 3.97. The number of nitrogens with one attached hydrogen (secondary N) is 1. The number of quaternary nitrogens is 1. The largest absolute Gasteiger partial charge is 0.630 e. The molecule has 2 aromatic carbocycles. The summed E-state index contributed by atoms with van der Waals surface area (Å²) in [5, 5.41) is 12.0. The lowest BCUT2D eigenvalue weighted by Crippen LogP contribution is -2.70. The molecule has 4 heterocycles. The summed E-state index contributed by atoms with van der Waals surface area (Å²) in [6.07, 6.45) is 5.20. The molecule has 1 amide bonds. The van der Waals surface area contributed by atoms with E-state index in [0.717, 1.165) is 52.0 Å². The molecule has 1 saturated heterocycles. The van der Waals surface area contributed by atoms with Crippen LogP contribution in [0, 0.1) is 5.21 Å². The molecule has 10 heteroatoms. The Morgan fingerprint density at radius 1 is 1.11 bits per heavy atom. The van der Waals surface area contributed by atoms with Gasteiger partial charge in [-0.15, -0.1) is 0 Å². The Balaban J connectivity index is 0.00000267. The van der Waals surface area contributed by atoms with Crippen molar-refractivity contribution in [2.75, 3.05) is 18.8 Å². The van der Waals surface area contributed by atoms with Crippen LogP contribution in [0.25, 0.3) is 27.8 Å². The number of nitrogen functional groups attached to an aromatic ring is 1. The first kappa shape index (κ1) is 23.5. The zero-order valence-corrected chi connectivity index (χ0v) is 19.5. The zero-order valence-electron chi connectivity index (χ0n) is 19.5. The number of fused-ring (bicyclic) bond motifs is 2. The maximum absolute atomic E-state index is 13.0. The molecule has 0 aliphatic carbocycles. The Hall–Kier alpha value is -4.25. The molecular weight excluding hydrogens is 458 g/mol. The lowest BCUT2D eigenvalue weighted by atomic mass is 9.95. The Bertz CT molecular complexity index is 1500. The highest BCUT2D eigenvalue weighted by atomic mass is 16.5. The van der Waals surface area contributed by atoms with Gasteiger partial charge in [-0.25, -0.2) is 9.97 Å². The van der Waals surface area contributed by atoms with E-state index >= 15 is 0 Å². The number of benzene rings is 2. The normalized spacial score (nSPS) is 14.3. The van der Waals surface area contributed by atoms with Gasteiger partial charge in [0.1, 0.15) is 28.5 Å². The Morgan fingerprint density at radius 3 is 2.58 bits per heavy atom. The number of hydrogen-bond donors (Lipinski definition) is 3. The number of carbonyl (C=O) groups excluding carboxylic acids is 1. The molecule has 5 aromatic rings. The third-order valence-corrected chi connectivity index (χ3v) is 6.84. The minimum absolute atomic E-state index is 0. The molecule has 184 valence electrons. The predicted molar refractivity (Wildman–Crippen MR) is 138 cm³/mol. The van der Waals surface area contributed by atoms with E-state index in [1.807, 2.05) is 33.7 Å². The first-order valence-electron chi connectivity index (χ1n) is 11.7. The van der Waals surface area contributed by atoms with Gasteiger partial charge < -0.3 is 31.8 Å². The fourth-order valence-electron chi connectivity index (χ4n) is 4.99. The minimum atomic E-state index is -0.0129. The average Bonchev–Trinajstić information content (AvgIpc) is 3.51. The number of nitrogens with two attached hydrogens (primary N) is 2. The van der Waals surface area contributed by atoms with E-state index in [-0.39, 0.29) is 17.3 Å². The number of rotatable bonds is 4. The van der Waals surface area contributed by atoms with E-state index in [0.29, 0.717) is 30.2 Å². The van der Waals surface area contributed by atoms with Crippen LogP contribution in [-0.4, -0.2) is 48.7 Å². The Kier molecular flexibility index (Phi) is 6.15. The van der Waals surface area contributed by atoms with Gasteiger partial charge in [-0.1, -0.05) is 18.2 Å². The maximum atomic E-state index is 13.0. The number of amides is 1. The molecular formula is C26H27N7O3. The van der Waals surface area contributed by atoms with Crippen LogP contribution in [0.15, 0.2) is 67.0 Å². The molecule has 6 rings (SSSR count). The summed E-state index contributed by atoms with van der Waals surface area (Å²) in [6.45, 7) is 1.27. The fourth-order valence-corrected chi connectivity index (χ4v) is 4.99. The van der Waals surface area contributed by atoms with Crippen molar-refractivity contribution in [2.45, 2.75) is 18.8 Å². The number of piperidine rings is 1. The lowest BCUT2D eigenvalue weighted by Gasteiger charge is -2.31. The van der Waals surface area contributed by atoms with Gasteiger partial charge in [0.2, 0.25) is 0 Å². The van der Waals surface area contributed by atoms with Crippen molar-refractivity contribution < 1.29 is 15.8 Å².